The Labute approximate surface area is 88.3 Å². The molecule has 78 valence electrons. The van der Waals surface area contributed by atoms with Crippen LogP contribution in [0.1, 0.15) is 13.8 Å². The van der Waals surface area contributed by atoms with Gasteiger partial charge in [0.25, 0.3) is 0 Å². The molecule has 4 nitrogen and oxygen atoms in total. The van der Waals surface area contributed by atoms with Crippen LogP contribution in [0.15, 0.2) is 12.3 Å². The average Bonchev–Trinajstić information content (AvgIpc) is 2.16. The quantitative estimate of drug-likeness (QED) is 0.749. The Bertz CT molecular complexity index is 295. The monoisotopic (exact) mass is 215 g/mol. The van der Waals surface area contributed by atoms with Gasteiger partial charge in [0, 0.05) is 18.8 Å². The second-order valence-corrected chi connectivity index (χ2v) is 3.64. The Morgan fingerprint density at radius 2 is 2.29 bits per heavy atom. The molecule has 1 aromatic heterocycles. The van der Waals surface area contributed by atoms with E-state index in [0.717, 1.165) is 0 Å². The molecular formula is C9H14ClN3O. The van der Waals surface area contributed by atoms with Gasteiger partial charge < -0.3 is 10.4 Å². The molecule has 1 heterocycles. The molecule has 0 aliphatic carbocycles. The summed E-state index contributed by atoms with van der Waals surface area (Å²) in [4.78, 5) is 7.77. The van der Waals surface area contributed by atoms with E-state index >= 15 is 0 Å². The zero-order valence-corrected chi connectivity index (χ0v) is 8.99. The van der Waals surface area contributed by atoms with E-state index in [9.17, 15) is 0 Å². The van der Waals surface area contributed by atoms with E-state index in [1.807, 2.05) is 13.8 Å². The van der Waals surface area contributed by atoms with Crippen molar-refractivity contribution in [2.45, 2.75) is 19.9 Å². The molecule has 2 unspecified atom stereocenters. The van der Waals surface area contributed by atoms with Crippen molar-refractivity contribution in [3.05, 3.63) is 17.5 Å². The zero-order chi connectivity index (χ0) is 10.6. The molecule has 0 saturated carbocycles. The van der Waals surface area contributed by atoms with Gasteiger partial charge in [0.1, 0.15) is 5.82 Å². The van der Waals surface area contributed by atoms with Gasteiger partial charge in [-0.3, -0.25) is 0 Å². The van der Waals surface area contributed by atoms with Gasteiger partial charge in [0.2, 0.25) is 5.28 Å². The van der Waals surface area contributed by atoms with Crippen molar-refractivity contribution in [2.75, 3.05) is 11.9 Å². The average molecular weight is 216 g/mol. The maximum Gasteiger partial charge on any atom is 0.224 e. The van der Waals surface area contributed by atoms with Gasteiger partial charge in [-0.05, 0) is 30.5 Å². The lowest BCUT2D eigenvalue weighted by atomic mass is 10.1. The summed E-state index contributed by atoms with van der Waals surface area (Å²) in [5, 5.41) is 12.3. The fourth-order valence-electron chi connectivity index (χ4n) is 0.949. The van der Waals surface area contributed by atoms with Crippen molar-refractivity contribution in [2.24, 2.45) is 5.92 Å². The third-order valence-corrected chi connectivity index (χ3v) is 2.33. The molecule has 0 radical (unpaired) electrons. The number of aromatic nitrogens is 2. The van der Waals surface area contributed by atoms with Crippen LogP contribution in [-0.2, 0) is 0 Å². The van der Waals surface area contributed by atoms with Crippen LogP contribution >= 0.6 is 11.6 Å². The first kappa shape index (κ1) is 11.2. The summed E-state index contributed by atoms with van der Waals surface area (Å²) in [6.07, 6.45) is 1.59. The first-order chi connectivity index (χ1) is 6.63. The molecule has 2 N–H and O–H groups in total. The van der Waals surface area contributed by atoms with Gasteiger partial charge >= 0.3 is 0 Å². The molecule has 1 aromatic rings. The minimum atomic E-state index is 0.144. The van der Waals surface area contributed by atoms with E-state index in [4.69, 9.17) is 16.7 Å². The molecule has 0 bridgehead atoms. The summed E-state index contributed by atoms with van der Waals surface area (Å²) >= 11 is 5.63. The highest BCUT2D eigenvalue weighted by molar-refractivity contribution is 6.28. The number of nitrogens with one attached hydrogen (secondary N) is 1. The van der Waals surface area contributed by atoms with Crippen molar-refractivity contribution >= 4 is 17.4 Å². The fraction of sp³-hybridized carbons (Fsp3) is 0.556. The van der Waals surface area contributed by atoms with Crippen LogP contribution in [0.25, 0.3) is 0 Å². The number of nitrogens with zero attached hydrogens (tertiary/aromatic N) is 2. The number of anilines is 1. The van der Waals surface area contributed by atoms with Crippen LogP contribution in [0.5, 0.6) is 0 Å². The van der Waals surface area contributed by atoms with E-state index in [2.05, 4.69) is 15.3 Å². The number of hydrogen-bond donors (Lipinski definition) is 2. The molecule has 2 atom stereocenters. The van der Waals surface area contributed by atoms with Crippen molar-refractivity contribution in [1.29, 1.82) is 0 Å². The Morgan fingerprint density at radius 1 is 1.57 bits per heavy atom. The zero-order valence-electron chi connectivity index (χ0n) is 8.24. The number of aliphatic hydroxyl groups excluding tert-OH is 1. The maximum atomic E-state index is 8.94. The Kier molecular flexibility index (Phi) is 4.10. The second-order valence-electron chi connectivity index (χ2n) is 3.30. The van der Waals surface area contributed by atoms with Gasteiger partial charge in [-0.1, -0.05) is 6.92 Å². The number of hydrogen-bond acceptors (Lipinski definition) is 4. The minimum absolute atomic E-state index is 0.144. The van der Waals surface area contributed by atoms with Gasteiger partial charge in [-0.15, -0.1) is 0 Å². The molecule has 1 rings (SSSR count). The minimum Gasteiger partial charge on any atom is -0.396 e. The molecule has 0 amide bonds. The largest absolute Gasteiger partial charge is 0.396 e. The van der Waals surface area contributed by atoms with Crippen LogP contribution < -0.4 is 5.32 Å². The van der Waals surface area contributed by atoms with Crippen LogP contribution in [0.3, 0.4) is 0 Å². The third kappa shape index (κ3) is 3.12. The summed E-state index contributed by atoms with van der Waals surface area (Å²) in [7, 11) is 0. The van der Waals surface area contributed by atoms with Crippen molar-refractivity contribution in [1.82, 2.24) is 9.97 Å². The summed E-state index contributed by atoms with van der Waals surface area (Å²) in [5.41, 5.74) is 0. The number of halogens is 1. The standard InChI is InChI=1S/C9H14ClN3O/c1-6(5-14)7(2)12-8-3-4-11-9(10)13-8/h3-4,6-7,14H,5H2,1-2H3,(H,11,12,13). The molecular weight excluding hydrogens is 202 g/mol. The predicted octanol–water partition coefficient (Wildman–Crippen LogP) is 1.56. The molecule has 0 fully saturated rings. The highest BCUT2D eigenvalue weighted by atomic mass is 35.5. The van der Waals surface area contributed by atoms with E-state index < -0.39 is 0 Å². The predicted molar refractivity (Wildman–Crippen MR) is 56.4 cm³/mol. The second kappa shape index (κ2) is 5.12. The van der Waals surface area contributed by atoms with E-state index in [1.165, 1.54) is 0 Å². The molecule has 0 saturated heterocycles. The first-order valence-corrected chi connectivity index (χ1v) is 4.87. The van der Waals surface area contributed by atoms with E-state index in [1.54, 1.807) is 12.3 Å². The molecule has 0 aromatic carbocycles. The van der Waals surface area contributed by atoms with Crippen molar-refractivity contribution in [3.63, 3.8) is 0 Å². The van der Waals surface area contributed by atoms with Crippen LogP contribution in [-0.4, -0.2) is 27.7 Å². The highest BCUT2D eigenvalue weighted by Gasteiger charge is 2.11. The van der Waals surface area contributed by atoms with Gasteiger partial charge in [0.15, 0.2) is 0 Å². The van der Waals surface area contributed by atoms with Crippen LogP contribution in [0.4, 0.5) is 5.82 Å². The highest BCUT2D eigenvalue weighted by Crippen LogP contribution is 2.11. The Hall–Kier alpha value is -0.870. The Morgan fingerprint density at radius 3 is 2.86 bits per heavy atom. The van der Waals surface area contributed by atoms with Gasteiger partial charge in [-0.25, -0.2) is 9.97 Å². The fourth-order valence-corrected chi connectivity index (χ4v) is 1.10. The lowest BCUT2D eigenvalue weighted by Crippen LogP contribution is -2.26. The molecule has 0 spiro atoms. The number of aliphatic hydroxyl groups is 1. The summed E-state index contributed by atoms with van der Waals surface area (Å²) in [6, 6.07) is 1.89. The molecule has 0 aliphatic heterocycles. The summed E-state index contributed by atoms with van der Waals surface area (Å²) in [5.74, 6) is 0.849. The summed E-state index contributed by atoms with van der Waals surface area (Å²) in [6.45, 7) is 4.09. The van der Waals surface area contributed by atoms with E-state index in [0.29, 0.717) is 5.82 Å². The van der Waals surface area contributed by atoms with Crippen molar-refractivity contribution < 1.29 is 5.11 Å². The van der Waals surface area contributed by atoms with Gasteiger partial charge in [-0.2, -0.15) is 0 Å². The van der Waals surface area contributed by atoms with Crippen LogP contribution in [0.2, 0.25) is 5.28 Å². The molecule has 14 heavy (non-hydrogen) atoms. The maximum absolute atomic E-state index is 8.94. The molecule has 0 aliphatic rings. The lowest BCUT2D eigenvalue weighted by molar-refractivity contribution is 0.226. The molecule has 5 heteroatoms. The SMILES string of the molecule is CC(CO)C(C)Nc1ccnc(Cl)n1. The normalized spacial score (nSPS) is 14.9. The van der Waals surface area contributed by atoms with E-state index in [-0.39, 0.29) is 23.9 Å². The third-order valence-electron chi connectivity index (χ3n) is 2.14. The smallest absolute Gasteiger partial charge is 0.224 e. The summed E-state index contributed by atoms with van der Waals surface area (Å²) < 4.78 is 0. The van der Waals surface area contributed by atoms with Crippen molar-refractivity contribution in [3.8, 4) is 0 Å². The Balaban J connectivity index is 2.60. The lowest BCUT2D eigenvalue weighted by Gasteiger charge is -2.19. The van der Waals surface area contributed by atoms with Gasteiger partial charge in [0.05, 0.1) is 0 Å². The van der Waals surface area contributed by atoms with Crippen LogP contribution in [0, 0.1) is 5.92 Å². The topological polar surface area (TPSA) is 58.0 Å². The number of rotatable bonds is 4. The first-order valence-electron chi connectivity index (χ1n) is 4.49.